The molecule has 0 spiro atoms. The van der Waals surface area contributed by atoms with Gasteiger partial charge in [0.1, 0.15) is 0 Å². The van der Waals surface area contributed by atoms with E-state index in [4.69, 9.17) is 0 Å². The van der Waals surface area contributed by atoms with Crippen molar-refractivity contribution in [3.63, 3.8) is 0 Å². The molecule has 2 heterocycles. The standard InChI is InChI=1S/C20H19BrN4OS/c1-20(2)11-13-7-3-4-8-14(13)18-23-24-19(25(18)20)27-12-17(26)22-16-10-6-5-9-15(16)21/h3-10H,11-12H2,1-2H3,(H,22,26). The van der Waals surface area contributed by atoms with Crippen molar-refractivity contribution in [1.29, 1.82) is 0 Å². The summed E-state index contributed by atoms with van der Waals surface area (Å²) in [5.41, 5.74) is 3.02. The van der Waals surface area contributed by atoms with Gasteiger partial charge in [0.2, 0.25) is 5.91 Å². The number of carbonyl (C=O) groups excluding carboxylic acids is 1. The van der Waals surface area contributed by atoms with Crippen LogP contribution < -0.4 is 5.32 Å². The molecular weight excluding hydrogens is 424 g/mol. The van der Waals surface area contributed by atoms with Gasteiger partial charge in [0.15, 0.2) is 11.0 Å². The summed E-state index contributed by atoms with van der Waals surface area (Å²) in [7, 11) is 0. The normalized spacial score (nSPS) is 14.3. The van der Waals surface area contributed by atoms with E-state index in [-0.39, 0.29) is 17.2 Å². The van der Waals surface area contributed by atoms with Crippen molar-refractivity contribution in [2.45, 2.75) is 31.0 Å². The van der Waals surface area contributed by atoms with Gasteiger partial charge in [-0.15, -0.1) is 10.2 Å². The lowest BCUT2D eigenvalue weighted by Gasteiger charge is -2.34. The second kappa shape index (κ2) is 7.13. The molecule has 0 atom stereocenters. The van der Waals surface area contributed by atoms with E-state index in [1.54, 1.807) is 0 Å². The molecule has 0 aliphatic carbocycles. The number of halogens is 1. The number of thioether (sulfide) groups is 1. The second-order valence-corrected chi connectivity index (χ2v) is 8.90. The molecule has 0 bridgehead atoms. The van der Waals surface area contributed by atoms with Crippen LogP contribution >= 0.6 is 27.7 Å². The molecule has 0 radical (unpaired) electrons. The summed E-state index contributed by atoms with van der Waals surface area (Å²) in [6, 6.07) is 15.9. The lowest BCUT2D eigenvalue weighted by molar-refractivity contribution is -0.113. The summed E-state index contributed by atoms with van der Waals surface area (Å²) in [5.74, 6) is 1.07. The molecular formula is C20H19BrN4OS. The number of aromatic nitrogens is 3. The van der Waals surface area contributed by atoms with Crippen molar-refractivity contribution in [2.24, 2.45) is 0 Å². The van der Waals surface area contributed by atoms with E-state index in [0.29, 0.717) is 0 Å². The third kappa shape index (κ3) is 3.53. The Labute approximate surface area is 170 Å². The zero-order valence-corrected chi connectivity index (χ0v) is 17.5. The van der Waals surface area contributed by atoms with Gasteiger partial charge in [0, 0.05) is 15.6 Å². The van der Waals surface area contributed by atoms with Crippen molar-refractivity contribution in [2.75, 3.05) is 11.1 Å². The SMILES string of the molecule is CC1(C)Cc2ccccc2-c2nnc(SCC(=O)Nc3ccccc3Br)n21. The van der Waals surface area contributed by atoms with Crippen LogP contribution in [0.4, 0.5) is 5.69 Å². The van der Waals surface area contributed by atoms with E-state index < -0.39 is 0 Å². The van der Waals surface area contributed by atoms with Crippen LogP contribution in [0.1, 0.15) is 19.4 Å². The zero-order chi connectivity index (χ0) is 19.0. The first kappa shape index (κ1) is 18.3. The summed E-state index contributed by atoms with van der Waals surface area (Å²) < 4.78 is 3.02. The molecule has 1 amide bonds. The first-order valence-corrected chi connectivity index (χ1v) is 10.4. The van der Waals surface area contributed by atoms with Gasteiger partial charge < -0.3 is 5.32 Å². The van der Waals surface area contributed by atoms with Crippen molar-refractivity contribution < 1.29 is 4.79 Å². The smallest absolute Gasteiger partial charge is 0.234 e. The van der Waals surface area contributed by atoms with Gasteiger partial charge in [0.25, 0.3) is 0 Å². The summed E-state index contributed by atoms with van der Waals surface area (Å²) in [4.78, 5) is 12.4. The van der Waals surface area contributed by atoms with E-state index in [1.165, 1.54) is 17.3 Å². The number of rotatable bonds is 4. The lowest BCUT2D eigenvalue weighted by atomic mass is 9.87. The average molecular weight is 443 g/mol. The maximum atomic E-state index is 12.4. The van der Waals surface area contributed by atoms with Crippen LogP contribution in [0.15, 0.2) is 58.2 Å². The van der Waals surface area contributed by atoms with Gasteiger partial charge in [-0.05, 0) is 53.9 Å². The molecule has 3 aromatic rings. The van der Waals surface area contributed by atoms with E-state index >= 15 is 0 Å². The maximum Gasteiger partial charge on any atom is 0.234 e. The Kier molecular flexibility index (Phi) is 4.82. The molecule has 0 saturated carbocycles. The molecule has 1 aliphatic rings. The molecule has 5 nitrogen and oxygen atoms in total. The van der Waals surface area contributed by atoms with Crippen LogP contribution in [0.5, 0.6) is 0 Å². The summed E-state index contributed by atoms with van der Waals surface area (Å²) in [6.07, 6.45) is 0.908. The van der Waals surface area contributed by atoms with Crippen LogP contribution in [0.25, 0.3) is 11.4 Å². The Morgan fingerprint density at radius 3 is 2.74 bits per heavy atom. The number of carbonyl (C=O) groups is 1. The predicted octanol–water partition coefficient (Wildman–Crippen LogP) is 4.73. The number of nitrogens with zero attached hydrogens (tertiary/aromatic N) is 3. The highest BCUT2D eigenvalue weighted by Gasteiger charge is 2.34. The monoisotopic (exact) mass is 442 g/mol. The van der Waals surface area contributed by atoms with E-state index in [0.717, 1.165) is 33.1 Å². The number of amides is 1. The Hall–Kier alpha value is -2.12. The van der Waals surface area contributed by atoms with Crippen LogP contribution in [-0.2, 0) is 16.8 Å². The van der Waals surface area contributed by atoms with Gasteiger partial charge >= 0.3 is 0 Å². The Bertz CT molecular complexity index is 1010. The third-order valence-electron chi connectivity index (χ3n) is 4.60. The second-order valence-electron chi connectivity index (χ2n) is 7.10. The fraction of sp³-hybridized carbons (Fsp3) is 0.250. The van der Waals surface area contributed by atoms with Crippen molar-refractivity contribution >= 4 is 39.3 Å². The zero-order valence-electron chi connectivity index (χ0n) is 15.1. The number of hydrogen-bond donors (Lipinski definition) is 1. The van der Waals surface area contributed by atoms with Crippen LogP contribution in [0, 0.1) is 0 Å². The highest BCUT2D eigenvalue weighted by Crippen LogP contribution is 2.39. The van der Waals surface area contributed by atoms with Gasteiger partial charge in [0.05, 0.1) is 11.4 Å². The topological polar surface area (TPSA) is 59.8 Å². The fourth-order valence-electron chi connectivity index (χ4n) is 3.40. The lowest BCUT2D eigenvalue weighted by Crippen LogP contribution is -2.33. The molecule has 0 fully saturated rings. The minimum atomic E-state index is -0.144. The molecule has 7 heteroatoms. The van der Waals surface area contributed by atoms with Crippen LogP contribution in [0.2, 0.25) is 0 Å². The first-order valence-electron chi connectivity index (χ1n) is 8.67. The maximum absolute atomic E-state index is 12.4. The van der Waals surface area contributed by atoms with E-state index in [1.807, 2.05) is 30.3 Å². The van der Waals surface area contributed by atoms with Crippen molar-refractivity contribution in [3.05, 3.63) is 58.6 Å². The fourth-order valence-corrected chi connectivity index (χ4v) is 4.68. The molecule has 138 valence electrons. The molecule has 0 saturated heterocycles. The first-order chi connectivity index (χ1) is 13.0. The third-order valence-corrected chi connectivity index (χ3v) is 6.22. The Morgan fingerprint density at radius 1 is 1.19 bits per heavy atom. The van der Waals surface area contributed by atoms with Gasteiger partial charge in [-0.1, -0.05) is 48.2 Å². The number of nitrogens with one attached hydrogen (secondary N) is 1. The molecule has 1 N–H and O–H groups in total. The number of para-hydroxylation sites is 1. The van der Waals surface area contributed by atoms with Crippen molar-refractivity contribution in [1.82, 2.24) is 14.8 Å². The van der Waals surface area contributed by atoms with Gasteiger partial charge in [-0.25, -0.2) is 0 Å². The highest BCUT2D eigenvalue weighted by molar-refractivity contribution is 9.10. The minimum Gasteiger partial charge on any atom is -0.324 e. The largest absolute Gasteiger partial charge is 0.324 e. The van der Waals surface area contributed by atoms with E-state index in [2.05, 4.69) is 68.1 Å². The molecule has 27 heavy (non-hydrogen) atoms. The summed E-state index contributed by atoms with van der Waals surface area (Å²) in [6.45, 7) is 4.36. The molecule has 0 unspecified atom stereocenters. The molecule has 2 aromatic carbocycles. The summed E-state index contributed by atoms with van der Waals surface area (Å²) >= 11 is 4.86. The predicted molar refractivity (Wildman–Crippen MR) is 112 cm³/mol. The number of hydrogen-bond acceptors (Lipinski definition) is 4. The van der Waals surface area contributed by atoms with E-state index in [9.17, 15) is 4.79 Å². The van der Waals surface area contributed by atoms with Crippen LogP contribution in [-0.4, -0.2) is 26.4 Å². The number of anilines is 1. The Balaban J connectivity index is 1.54. The quantitative estimate of drug-likeness (QED) is 0.593. The molecule has 1 aromatic heterocycles. The summed E-state index contributed by atoms with van der Waals surface area (Å²) in [5, 5.41) is 12.5. The highest BCUT2D eigenvalue weighted by atomic mass is 79.9. The van der Waals surface area contributed by atoms with Crippen LogP contribution in [0.3, 0.4) is 0 Å². The number of fused-ring (bicyclic) bond motifs is 3. The van der Waals surface area contributed by atoms with Gasteiger partial charge in [-0.3, -0.25) is 9.36 Å². The van der Waals surface area contributed by atoms with Crippen molar-refractivity contribution in [3.8, 4) is 11.4 Å². The van der Waals surface area contributed by atoms with Gasteiger partial charge in [-0.2, -0.15) is 0 Å². The Morgan fingerprint density at radius 2 is 1.93 bits per heavy atom. The average Bonchev–Trinajstić information content (AvgIpc) is 3.07. The molecule has 1 aliphatic heterocycles. The molecule has 4 rings (SSSR count). The number of benzene rings is 2. The minimum absolute atomic E-state index is 0.0711.